The second-order valence-corrected chi connectivity index (χ2v) is 5.45. The van der Waals surface area contributed by atoms with Crippen molar-refractivity contribution in [2.75, 3.05) is 40.5 Å². The van der Waals surface area contributed by atoms with Crippen LogP contribution in [-0.2, 0) is 14.3 Å². The molecule has 18 heavy (non-hydrogen) atoms. The first-order chi connectivity index (χ1) is 8.64. The van der Waals surface area contributed by atoms with E-state index in [1.165, 1.54) is 0 Å². The van der Waals surface area contributed by atoms with Crippen molar-refractivity contribution in [1.82, 2.24) is 10.2 Å². The van der Waals surface area contributed by atoms with Gasteiger partial charge in [0.05, 0.1) is 0 Å². The topological polar surface area (TPSA) is 50.8 Å². The zero-order valence-electron chi connectivity index (χ0n) is 11.4. The van der Waals surface area contributed by atoms with Crippen LogP contribution in [0.1, 0.15) is 25.7 Å². The van der Waals surface area contributed by atoms with Gasteiger partial charge in [0.1, 0.15) is 6.10 Å². The minimum Gasteiger partial charge on any atom is -0.381 e. The minimum absolute atomic E-state index is 0.0342. The van der Waals surface area contributed by atoms with Crippen LogP contribution >= 0.6 is 0 Å². The summed E-state index contributed by atoms with van der Waals surface area (Å²) in [7, 11) is 4.15. The van der Waals surface area contributed by atoms with Gasteiger partial charge in [-0.1, -0.05) is 0 Å². The van der Waals surface area contributed by atoms with E-state index in [2.05, 4.69) is 24.3 Å². The van der Waals surface area contributed by atoms with Crippen molar-refractivity contribution in [2.45, 2.75) is 37.3 Å². The van der Waals surface area contributed by atoms with Crippen LogP contribution in [0.5, 0.6) is 0 Å². The van der Waals surface area contributed by atoms with Crippen LogP contribution < -0.4 is 5.32 Å². The van der Waals surface area contributed by atoms with E-state index >= 15 is 0 Å². The molecule has 2 aliphatic heterocycles. The molecule has 0 aromatic heterocycles. The van der Waals surface area contributed by atoms with Gasteiger partial charge < -0.3 is 19.7 Å². The van der Waals surface area contributed by atoms with E-state index in [1.807, 2.05) is 0 Å². The van der Waals surface area contributed by atoms with Crippen LogP contribution in [0.15, 0.2) is 0 Å². The lowest BCUT2D eigenvalue weighted by Crippen LogP contribution is -2.56. The lowest BCUT2D eigenvalue weighted by molar-refractivity contribution is -0.131. The van der Waals surface area contributed by atoms with E-state index in [9.17, 15) is 4.79 Å². The summed E-state index contributed by atoms with van der Waals surface area (Å²) in [6.07, 6.45) is 3.54. The maximum atomic E-state index is 12.0. The van der Waals surface area contributed by atoms with Crippen molar-refractivity contribution >= 4 is 5.91 Å². The summed E-state index contributed by atoms with van der Waals surface area (Å²) < 4.78 is 10.8. The minimum atomic E-state index is -0.232. The van der Waals surface area contributed by atoms with Gasteiger partial charge in [0, 0.05) is 31.9 Å². The third-order valence-electron chi connectivity index (χ3n) is 4.19. The second-order valence-electron chi connectivity index (χ2n) is 5.45. The van der Waals surface area contributed by atoms with E-state index in [4.69, 9.17) is 9.47 Å². The number of amides is 1. The van der Waals surface area contributed by atoms with Gasteiger partial charge in [-0.05, 0) is 39.8 Å². The van der Waals surface area contributed by atoms with E-state index in [0.29, 0.717) is 13.2 Å². The van der Waals surface area contributed by atoms with E-state index in [-0.39, 0.29) is 17.6 Å². The average Bonchev–Trinajstić information content (AvgIpc) is 2.91. The van der Waals surface area contributed by atoms with E-state index in [0.717, 1.165) is 38.9 Å². The Hall–Kier alpha value is -0.650. The number of hydrogen-bond donors (Lipinski definition) is 1. The van der Waals surface area contributed by atoms with Crippen LogP contribution in [0, 0.1) is 0 Å². The molecule has 2 saturated heterocycles. The molecule has 2 rings (SSSR count). The summed E-state index contributed by atoms with van der Waals surface area (Å²) in [5, 5.41) is 3.06. The quantitative estimate of drug-likeness (QED) is 0.790. The highest BCUT2D eigenvalue weighted by Crippen LogP contribution is 2.25. The van der Waals surface area contributed by atoms with Crippen molar-refractivity contribution in [3.05, 3.63) is 0 Å². The third-order valence-corrected chi connectivity index (χ3v) is 4.19. The number of nitrogens with one attached hydrogen (secondary N) is 1. The maximum absolute atomic E-state index is 12.0. The lowest BCUT2D eigenvalue weighted by atomic mass is 9.88. The largest absolute Gasteiger partial charge is 0.381 e. The van der Waals surface area contributed by atoms with Gasteiger partial charge in [0.2, 0.25) is 5.91 Å². The van der Waals surface area contributed by atoms with Gasteiger partial charge in [0.25, 0.3) is 0 Å². The van der Waals surface area contributed by atoms with Crippen molar-refractivity contribution in [3.8, 4) is 0 Å². The molecule has 0 spiro atoms. The van der Waals surface area contributed by atoms with Gasteiger partial charge in [-0.2, -0.15) is 0 Å². The molecule has 0 saturated carbocycles. The van der Waals surface area contributed by atoms with E-state index < -0.39 is 0 Å². The Labute approximate surface area is 109 Å². The molecule has 2 heterocycles. The Morgan fingerprint density at radius 1 is 1.33 bits per heavy atom. The summed E-state index contributed by atoms with van der Waals surface area (Å²) in [4.78, 5) is 14.2. The summed E-state index contributed by atoms with van der Waals surface area (Å²) in [6, 6.07) is 0. The summed E-state index contributed by atoms with van der Waals surface area (Å²) >= 11 is 0. The highest BCUT2D eigenvalue weighted by molar-refractivity contribution is 5.81. The van der Waals surface area contributed by atoms with Crippen molar-refractivity contribution in [3.63, 3.8) is 0 Å². The molecule has 1 N–H and O–H groups in total. The third kappa shape index (κ3) is 3.02. The molecule has 5 nitrogen and oxygen atoms in total. The Kier molecular flexibility index (Phi) is 4.59. The molecule has 104 valence electrons. The first-order valence-corrected chi connectivity index (χ1v) is 6.79. The molecular formula is C13H24N2O3. The summed E-state index contributed by atoms with van der Waals surface area (Å²) in [5.41, 5.74) is 0.0342. The number of hydrogen-bond acceptors (Lipinski definition) is 4. The molecule has 0 radical (unpaired) electrons. The second kappa shape index (κ2) is 5.99. The fraction of sp³-hybridized carbons (Fsp3) is 0.923. The van der Waals surface area contributed by atoms with E-state index in [1.54, 1.807) is 0 Å². The van der Waals surface area contributed by atoms with Crippen LogP contribution in [0.2, 0.25) is 0 Å². The van der Waals surface area contributed by atoms with Crippen molar-refractivity contribution in [2.24, 2.45) is 0 Å². The molecule has 0 aliphatic carbocycles. The Morgan fingerprint density at radius 3 is 2.61 bits per heavy atom. The van der Waals surface area contributed by atoms with Gasteiger partial charge in [-0.25, -0.2) is 0 Å². The molecule has 0 bridgehead atoms. The summed E-state index contributed by atoms with van der Waals surface area (Å²) in [6.45, 7) is 2.94. The number of likely N-dealkylation sites (N-methyl/N-ethyl adjacent to an activating group) is 1. The normalized spacial score (nSPS) is 27.4. The maximum Gasteiger partial charge on any atom is 0.249 e. The average molecular weight is 256 g/mol. The SMILES string of the molecule is CN(C)C1(CNC(=O)C2CCCO2)CCOCC1. The number of nitrogens with zero attached hydrogens (tertiary/aromatic N) is 1. The monoisotopic (exact) mass is 256 g/mol. The van der Waals surface area contributed by atoms with Crippen molar-refractivity contribution < 1.29 is 14.3 Å². The molecule has 1 amide bonds. The number of carbonyl (C=O) groups is 1. The molecule has 1 atom stereocenters. The number of carbonyl (C=O) groups excluding carboxylic acids is 1. The summed E-state index contributed by atoms with van der Waals surface area (Å²) in [5.74, 6) is 0.0419. The van der Waals surface area contributed by atoms with Crippen molar-refractivity contribution in [1.29, 1.82) is 0 Å². The number of ether oxygens (including phenoxy) is 2. The zero-order chi connectivity index (χ0) is 13.0. The first kappa shape index (κ1) is 13.8. The Balaban J connectivity index is 1.87. The molecule has 5 heteroatoms. The predicted molar refractivity (Wildman–Crippen MR) is 68.5 cm³/mol. The molecule has 0 aromatic rings. The Morgan fingerprint density at radius 2 is 2.06 bits per heavy atom. The predicted octanol–water partition coefficient (Wildman–Crippen LogP) is 0.392. The standard InChI is InChI=1S/C13H24N2O3/c1-15(2)13(5-8-17-9-6-13)10-14-12(16)11-4-3-7-18-11/h11H,3-10H2,1-2H3,(H,14,16). The first-order valence-electron chi connectivity index (χ1n) is 6.79. The molecule has 2 aliphatic rings. The van der Waals surface area contributed by atoms with Gasteiger partial charge >= 0.3 is 0 Å². The van der Waals surface area contributed by atoms with Crippen LogP contribution in [0.4, 0.5) is 0 Å². The molecule has 2 fully saturated rings. The lowest BCUT2D eigenvalue weighted by Gasteiger charge is -2.43. The highest BCUT2D eigenvalue weighted by Gasteiger charge is 2.36. The fourth-order valence-electron chi connectivity index (χ4n) is 2.68. The van der Waals surface area contributed by atoms with Gasteiger partial charge in [0.15, 0.2) is 0 Å². The molecular weight excluding hydrogens is 232 g/mol. The Bertz CT molecular complexity index is 282. The van der Waals surface area contributed by atoms with Gasteiger partial charge in [-0.3, -0.25) is 4.79 Å². The number of rotatable bonds is 4. The van der Waals surface area contributed by atoms with Crippen LogP contribution in [0.25, 0.3) is 0 Å². The zero-order valence-corrected chi connectivity index (χ0v) is 11.4. The van der Waals surface area contributed by atoms with Gasteiger partial charge in [-0.15, -0.1) is 0 Å². The molecule has 0 aromatic carbocycles. The smallest absolute Gasteiger partial charge is 0.249 e. The highest BCUT2D eigenvalue weighted by atomic mass is 16.5. The molecule has 1 unspecified atom stereocenters. The fourth-order valence-corrected chi connectivity index (χ4v) is 2.68. The van der Waals surface area contributed by atoms with Crippen LogP contribution in [0.3, 0.4) is 0 Å². The van der Waals surface area contributed by atoms with Crippen LogP contribution in [-0.4, -0.2) is 62.9 Å².